The van der Waals surface area contributed by atoms with Crippen LogP contribution in [-0.4, -0.2) is 37.7 Å². The van der Waals surface area contributed by atoms with Gasteiger partial charge in [0.1, 0.15) is 0 Å². The number of amides is 1. The molecule has 0 bridgehead atoms. The second kappa shape index (κ2) is 5.79. The summed E-state index contributed by atoms with van der Waals surface area (Å²) in [6.07, 6.45) is 11.8. The van der Waals surface area contributed by atoms with E-state index in [0.29, 0.717) is 23.4 Å². The summed E-state index contributed by atoms with van der Waals surface area (Å²) < 4.78 is 5.53. The number of ether oxygens (including phenoxy) is 1. The molecule has 2 aliphatic carbocycles. The van der Waals surface area contributed by atoms with E-state index in [1.54, 1.807) is 0 Å². The Balaban J connectivity index is 1.34. The first-order valence-corrected chi connectivity index (χ1v) is 9.35. The molecule has 4 heteroatoms. The maximum atomic E-state index is 12.9. The van der Waals surface area contributed by atoms with Crippen LogP contribution in [0, 0.1) is 10.8 Å². The largest absolute Gasteiger partial charge is 0.381 e. The minimum absolute atomic E-state index is 0.0756. The Kier molecular flexibility index (Phi) is 3.93. The van der Waals surface area contributed by atoms with Crippen LogP contribution in [-0.2, 0) is 9.53 Å². The number of hydrogen-bond acceptors (Lipinski definition) is 3. The Bertz CT molecular complexity index is 411. The summed E-state index contributed by atoms with van der Waals surface area (Å²) in [5.74, 6) is 0.355. The van der Waals surface area contributed by atoms with Gasteiger partial charge >= 0.3 is 0 Å². The first-order chi connectivity index (χ1) is 10.7. The van der Waals surface area contributed by atoms with Gasteiger partial charge in [-0.25, -0.2) is 0 Å². The molecular weight excluding hydrogens is 276 g/mol. The molecule has 2 saturated heterocycles. The van der Waals surface area contributed by atoms with Gasteiger partial charge in [-0.1, -0.05) is 6.42 Å². The minimum atomic E-state index is -0.0756. The number of carbonyl (C=O) groups excluding carboxylic acids is 1. The first-order valence-electron chi connectivity index (χ1n) is 9.35. The number of hydrogen-bond donors (Lipinski definition) is 2. The third-order valence-electron chi connectivity index (χ3n) is 7.13. The standard InChI is InChI=1S/C18H30N2O2/c21-16(18-5-1-2-15(18)19-11-8-18)20-14-3-6-17(7-4-14)9-12-22-13-10-17/h14-15,19H,1-13H2,(H,20,21)/t15-,18+/m1/s1. The van der Waals surface area contributed by atoms with Crippen LogP contribution in [0.15, 0.2) is 0 Å². The van der Waals surface area contributed by atoms with Gasteiger partial charge in [0.05, 0.1) is 5.41 Å². The number of carbonyl (C=O) groups is 1. The van der Waals surface area contributed by atoms with Crippen molar-refractivity contribution >= 4 is 5.91 Å². The van der Waals surface area contributed by atoms with Gasteiger partial charge in [0.2, 0.25) is 5.91 Å². The van der Waals surface area contributed by atoms with E-state index in [1.165, 1.54) is 51.4 Å². The van der Waals surface area contributed by atoms with Crippen molar-refractivity contribution in [3.05, 3.63) is 0 Å². The summed E-state index contributed by atoms with van der Waals surface area (Å²) in [5.41, 5.74) is 0.455. The molecule has 0 unspecified atom stereocenters. The van der Waals surface area contributed by atoms with E-state index < -0.39 is 0 Å². The molecule has 124 valence electrons. The fraction of sp³-hybridized carbons (Fsp3) is 0.944. The molecule has 4 fully saturated rings. The van der Waals surface area contributed by atoms with Crippen molar-refractivity contribution in [3.8, 4) is 0 Å². The molecule has 1 spiro atoms. The van der Waals surface area contributed by atoms with Crippen LogP contribution in [0.4, 0.5) is 0 Å². The molecule has 22 heavy (non-hydrogen) atoms. The molecule has 2 aliphatic heterocycles. The van der Waals surface area contributed by atoms with Crippen molar-refractivity contribution in [2.75, 3.05) is 19.8 Å². The Morgan fingerprint density at radius 2 is 1.77 bits per heavy atom. The molecule has 4 aliphatic rings. The van der Waals surface area contributed by atoms with Crippen molar-refractivity contribution in [3.63, 3.8) is 0 Å². The lowest BCUT2D eigenvalue weighted by atomic mass is 9.68. The second-order valence-electron chi connectivity index (χ2n) is 8.17. The maximum absolute atomic E-state index is 12.9. The predicted molar refractivity (Wildman–Crippen MR) is 85.6 cm³/mol. The Hall–Kier alpha value is -0.610. The summed E-state index contributed by atoms with van der Waals surface area (Å²) in [6.45, 7) is 2.90. The van der Waals surface area contributed by atoms with E-state index >= 15 is 0 Å². The number of rotatable bonds is 2. The predicted octanol–water partition coefficient (Wildman–Crippen LogP) is 2.37. The zero-order chi connectivity index (χ0) is 15.0. The molecule has 0 radical (unpaired) electrons. The third-order valence-corrected chi connectivity index (χ3v) is 7.13. The van der Waals surface area contributed by atoms with Gasteiger partial charge in [0.15, 0.2) is 0 Å². The molecular formula is C18H30N2O2. The molecule has 0 aromatic carbocycles. The highest BCUT2D eigenvalue weighted by molar-refractivity contribution is 5.84. The van der Waals surface area contributed by atoms with Gasteiger partial charge in [-0.3, -0.25) is 4.79 Å². The lowest BCUT2D eigenvalue weighted by Gasteiger charge is -2.43. The fourth-order valence-corrected chi connectivity index (χ4v) is 5.53. The van der Waals surface area contributed by atoms with Crippen LogP contribution in [0.2, 0.25) is 0 Å². The van der Waals surface area contributed by atoms with Crippen molar-refractivity contribution in [1.29, 1.82) is 0 Å². The minimum Gasteiger partial charge on any atom is -0.381 e. The molecule has 4 nitrogen and oxygen atoms in total. The second-order valence-corrected chi connectivity index (χ2v) is 8.17. The molecule has 4 rings (SSSR count). The maximum Gasteiger partial charge on any atom is 0.228 e. The van der Waals surface area contributed by atoms with Crippen LogP contribution >= 0.6 is 0 Å². The van der Waals surface area contributed by atoms with Crippen molar-refractivity contribution < 1.29 is 9.53 Å². The van der Waals surface area contributed by atoms with Crippen LogP contribution in [0.1, 0.15) is 64.2 Å². The van der Waals surface area contributed by atoms with Gasteiger partial charge < -0.3 is 15.4 Å². The first kappa shape index (κ1) is 14.9. The zero-order valence-electron chi connectivity index (χ0n) is 13.7. The van der Waals surface area contributed by atoms with Gasteiger partial charge in [-0.15, -0.1) is 0 Å². The molecule has 2 N–H and O–H groups in total. The molecule has 2 heterocycles. The zero-order valence-corrected chi connectivity index (χ0v) is 13.7. The van der Waals surface area contributed by atoms with E-state index in [-0.39, 0.29) is 5.41 Å². The summed E-state index contributed by atoms with van der Waals surface area (Å²) in [6, 6.07) is 0.857. The monoisotopic (exact) mass is 306 g/mol. The highest BCUT2D eigenvalue weighted by atomic mass is 16.5. The van der Waals surface area contributed by atoms with E-state index in [1.807, 2.05) is 0 Å². The van der Waals surface area contributed by atoms with Crippen molar-refractivity contribution in [1.82, 2.24) is 10.6 Å². The Morgan fingerprint density at radius 1 is 1.00 bits per heavy atom. The summed E-state index contributed by atoms with van der Waals surface area (Å²) in [5, 5.41) is 6.98. The van der Waals surface area contributed by atoms with Gasteiger partial charge in [0.25, 0.3) is 0 Å². The van der Waals surface area contributed by atoms with Gasteiger partial charge in [-0.05, 0) is 69.7 Å². The van der Waals surface area contributed by atoms with Crippen LogP contribution in [0.25, 0.3) is 0 Å². The molecule has 2 saturated carbocycles. The molecule has 2 atom stereocenters. The van der Waals surface area contributed by atoms with E-state index in [4.69, 9.17) is 4.74 Å². The smallest absolute Gasteiger partial charge is 0.228 e. The SMILES string of the molecule is O=C(NC1CCC2(CCOCC2)CC1)[C@]12CCC[C@H]1NCC2. The fourth-order valence-electron chi connectivity index (χ4n) is 5.53. The average Bonchev–Trinajstić information content (AvgIpc) is 3.11. The number of fused-ring (bicyclic) bond motifs is 1. The normalized spacial score (nSPS) is 38.1. The molecule has 0 aromatic rings. The molecule has 0 aromatic heterocycles. The average molecular weight is 306 g/mol. The van der Waals surface area contributed by atoms with Gasteiger partial charge in [0, 0.05) is 25.3 Å². The lowest BCUT2D eigenvalue weighted by Crippen LogP contribution is -2.50. The van der Waals surface area contributed by atoms with Crippen LogP contribution < -0.4 is 10.6 Å². The van der Waals surface area contributed by atoms with Crippen LogP contribution in [0.5, 0.6) is 0 Å². The lowest BCUT2D eigenvalue weighted by molar-refractivity contribution is -0.132. The molecule has 1 amide bonds. The Morgan fingerprint density at radius 3 is 2.55 bits per heavy atom. The van der Waals surface area contributed by atoms with Crippen molar-refractivity contribution in [2.45, 2.75) is 76.3 Å². The van der Waals surface area contributed by atoms with E-state index in [9.17, 15) is 4.79 Å². The summed E-state index contributed by atoms with van der Waals surface area (Å²) >= 11 is 0. The summed E-state index contributed by atoms with van der Waals surface area (Å²) in [4.78, 5) is 12.9. The van der Waals surface area contributed by atoms with E-state index in [0.717, 1.165) is 32.6 Å². The van der Waals surface area contributed by atoms with E-state index in [2.05, 4.69) is 10.6 Å². The Labute approximate surface area is 133 Å². The quantitative estimate of drug-likeness (QED) is 0.823. The van der Waals surface area contributed by atoms with Gasteiger partial charge in [-0.2, -0.15) is 0 Å². The van der Waals surface area contributed by atoms with Crippen LogP contribution in [0.3, 0.4) is 0 Å². The topological polar surface area (TPSA) is 50.4 Å². The number of nitrogens with one attached hydrogen (secondary N) is 2. The highest BCUT2D eigenvalue weighted by Gasteiger charge is 2.52. The third kappa shape index (κ3) is 2.48. The highest BCUT2D eigenvalue weighted by Crippen LogP contribution is 2.46. The summed E-state index contributed by atoms with van der Waals surface area (Å²) in [7, 11) is 0. The van der Waals surface area contributed by atoms with Crippen molar-refractivity contribution in [2.24, 2.45) is 10.8 Å².